The molecule has 0 N–H and O–H groups in total. The van der Waals surface area contributed by atoms with Crippen LogP contribution in [0.2, 0.25) is 0 Å². The van der Waals surface area contributed by atoms with Crippen molar-refractivity contribution in [3.63, 3.8) is 0 Å². The monoisotopic (exact) mass is 306 g/mol. The van der Waals surface area contributed by atoms with E-state index < -0.39 is 0 Å². The maximum atomic E-state index is 12.6. The van der Waals surface area contributed by atoms with E-state index in [2.05, 4.69) is 16.9 Å². The average molecular weight is 306 g/mol. The molecule has 102 valence electrons. The molecule has 2 heterocycles. The van der Waals surface area contributed by atoms with Gasteiger partial charge in [-0.25, -0.2) is 9.97 Å². The lowest BCUT2D eigenvalue weighted by atomic mass is 10.3. The number of thioether (sulfide) groups is 1. The lowest BCUT2D eigenvalue weighted by Gasteiger charge is -2.02. The highest BCUT2D eigenvalue weighted by Gasteiger charge is 2.14. The molecule has 0 saturated heterocycles. The summed E-state index contributed by atoms with van der Waals surface area (Å²) in [6.45, 7) is 2.08. The van der Waals surface area contributed by atoms with E-state index in [1.807, 2.05) is 12.1 Å². The third-order valence-corrected chi connectivity index (χ3v) is 4.08. The molecular formula is C14H11FN2OS2. The van der Waals surface area contributed by atoms with Crippen LogP contribution in [-0.4, -0.2) is 15.7 Å². The van der Waals surface area contributed by atoms with Crippen molar-refractivity contribution >= 4 is 35.0 Å². The Hall–Kier alpha value is -1.53. The lowest BCUT2D eigenvalue weighted by molar-refractivity contribution is 0.614. The molecule has 20 heavy (non-hydrogen) atoms. The van der Waals surface area contributed by atoms with E-state index in [4.69, 9.17) is 4.42 Å². The Morgan fingerprint density at radius 1 is 1.30 bits per heavy atom. The van der Waals surface area contributed by atoms with Crippen LogP contribution in [0.25, 0.3) is 22.7 Å². The van der Waals surface area contributed by atoms with Crippen LogP contribution in [0.15, 0.2) is 50.7 Å². The lowest BCUT2D eigenvalue weighted by Crippen LogP contribution is -1.87. The summed E-state index contributed by atoms with van der Waals surface area (Å²) in [7, 11) is 0. The summed E-state index contributed by atoms with van der Waals surface area (Å²) in [4.78, 5) is 10.3. The van der Waals surface area contributed by atoms with Crippen LogP contribution in [0.4, 0.5) is 3.89 Å². The highest BCUT2D eigenvalue weighted by atomic mass is 32.2. The molecule has 3 nitrogen and oxygen atoms in total. The fourth-order valence-electron chi connectivity index (χ4n) is 1.88. The fourth-order valence-corrected chi connectivity index (χ4v) is 2.92. The molecule has 2 aromatic heterocycles. The number of nitrogens with zero attached hydrogens (tertiary/aromatic N) is 2. The summed E-state index contributed by atoms with van der Waals surface area (Å²) in [5.74, 6) is 1.42. The van der Waals surface area contributed by atoms with Gasteiger partial charge in [0.15, 0.2) is 5.58 Å². The molecule has 0 saturated carbocycles. The highest BCUT2D eigenvalue weighted by molar-refractivity contribution is 7.99. The molecule has 0 amide bonds. The van der Waals surface area contributed by atoms with Gasteiger partial charge in [0, 0.05) is 16.0 Å². The molecule has 0 aliphatic rings. The fraction of sp³-hybridized carbons (Fsp3) is 0.143. The molecule has 0 unspecified atom stereocenters. The van der Waals surface area contributed by atoms with Gasteiger partial charge in [-0.05, 0) is 36.1 Å². The zero-order valence-corrected chi connectivity index (χ0v) is 12.3. The molecule has 0 aliphatic heterocycles. The van der Waals surface area contributed by atoms with Gasteiger partial charge < -0.3 is 4.42 Å². The van der Waals surface area contributed by atoms with Gasteiger partial charge >= 0.3 is 0 Å². The molecule has 3 rings (SSSR count). The first-order chi connectivity index (χ1) is 9.81. The number of hydrogen-bond donors (Lipinski definition) is 0. The Morgan fingerprint density at radius 2 is 2.20 bits per heavy atom. The Labute approximate surface area is 124 Å². The smallest absolute Gasteiger partial charge is 0.247 e. The Morgan fingerprint density at radius 3 is 3.00 bits per heavy atom. The number of hydrogen-bond acceptors (Lipinski definition) is 5. The predicted octanol–water partition coefficient (Wildman–Crippen LogP) is 4.98. The van der Waals surface area contributed by atoms with Gasteiger partial charge in [-0.2, -0.15) is 3.89 Å². The zero-order valence-electron chi connectivity index (χ0n) is 10.7. The summed E-state index contributed by atoms with van der Waals surface area (Å²) in [5, 5.41) is 0. The van der Waals surface area contributed by atoms with Gasteiger partial charge in [-0.15, -0.1) is 11.8 Å². The van der Waals surface area contributed by atoms with Gasteiger partial charge in [-0.3, -0.25) is 0 Å². The summed E-state index contributed by atoms with van der Waals surface area (Å²) in [5.41, 5.74) is 2.00. The molecule has 0 atom stereocenters. The number of pyridine rings is 1. The highest BCUT2D eigenvalue weighted by Crippen LogP contribution is 2.32. The second-order valence-corrected chi connectivity index (χ2v) is 5.94. The van der Waals surface area contributed by atoms with Crippen LogP contribution in [0, 0.1) is 0 Å². The van der Waals surface area contributed by atoms with Crippen molar-refractivity contribution in [3.8, 4) is 11.6 Å². The van der Waals surface area contributed by atoms with Crippen LogP contribution >= 0.6 is 23.9 Å². The standard InChI is InChI=1S/C14H11FN2OS2/c1-2-19-12-4-3-7-16-13(12)14-17-10-8-9(20-15)5-6-11(10)18-14/h3-8H,2H2,1H3. The first-order valence-corrected chi connectivity index (χ1v) is 7.79. The van der Waals surface area contributed by atoms with Crippen LogP contribution in [0.1, 0.15) is 6.92 Å². The third-order valence-electron chi connectivity index (χ3n) is 2.72. The molecule has 0 aliphatic carbocycles. The topological polar surface area (TPSA) is 38.9 Å². The number of benzene rings is 1. The predicted molar refractivity (Wildman–Crippen MR) is 80.6 cm³/mol. The molecule has 0 radical (unpaired) electrons. The van der Waals surface area contributed by atoms with E-state index in [9.17, 15) is 3.89 Å². The van der Waals surface area contributed by atoms with Crippen LogP contribution in [-0.2, 0) is 0 Å². The van der Waals surface area contributed by atoms with Gasteiger partial charge in [0.2, 0.25) is 5.89 Å². The van der Waals surface area contributed by atoms with Gasteiger partial charge in [0.1, 0.15) is 11.2 Å². The second-order valence-electron chi connectivity index (χ2n) is 4.01. The SMILES string of the molecule is CCSc1cccnc1-c1nc2cc(SF)ccc2o1. The molecule has 0 fully saturated rings. The van der Waals surface area contributed by atoms with E-state index in [-0.39, 0.29) is 12.1 Å². The minimum absolute atomic E-state index is 0.199. The first-order valence-electron chi connectivity index (χ1n) is 6.09. The van der Waals surface area contributed by atoms with Crippen molar-refractivity contribution in [1.82, 2.24) is 9.97 Å². The summed E-state index contributed by atoms with van der Waals surface area (Å²) in [6.07, 6.45) is 1.72. The number of fused-ring (bicyclic) bond motifs is 1. The Balaban J connectivity index is 2.10. The number of rotatable bonds is 4. The molecule has 1 aromatic carbocycles. The van der Waals surface area contributed by atoms with Crippen molar-refractivity contribution in [2.24, 2.45) is 0 Å². The average Bonchev–Trinajstić information content (AvgIpc) is 2.90. The van der Waals surface area contributed by atoms with Gasteiger partial charge in [-0.1, -0.05) is 6.92 Å². The van der Waals surface area contributed by atoms with E-state index in [1.54, 1.807) is 36.2 Å². The number of halogens is 1. The van der Waals surface area contributed by atoms with Gasteiger partial charge in [0.05, 0.1) is 12.1 Å². The second kappa shape index (κ2) is 5.85. The molecule has 0 spiro atoms. The minimum atomic E-state index is 0.199. The normalized spacial score (nSPS) is 11.1. The van der Waals surface area contributed by atoms with Crippen molar-refractivity contribution in [1.29, 1.82) is 0 Å². The van der Waals surface area contributed by atoms with E-state index >= 15 is 0 Å². The first kappa shape index (κ1) is 13.5. The van der Waals surface area contributed by atoms with Crippen LogP contribution in [0.3, 0.4) is 0 Å². The van der Waals surface area contributed by atoms with Crippen molar-refractivity contribution in [2.75, 3.05) is 5.75 Å². The number of aromatic nitrogens is 2. The van der Waals surface area contributed by atoms with E-state index in [1.165, 1.54) is 0 Å². The largest absolute Gasteiger partial charge is 0.435 e. The maximum absolute atomic E-state index is 12.6. The Bertz CT molecular complexity index is 745. The quantitative estimate of drug-likeness (QED) is 0.636. The summed E-state index contributed by atoms with van der Waals surface area (Å²) < 4.78 is 18.3. The Kier molecular flexibility index (Phi) is 3.93. The zero-order chi connectivity index (χ0) is 13.9. The van der Waals surface area contributed by atoms with Crippen molar-refractivity contribution < 1.29 is 8.30 Å². The van der Waals surface area contributed by atoms with Crippen LogP contribution < -0.4 is 0 Å². The molecular weight excluding hydrogens is 295 g/mol. The molecule has 0 bridgehead atoms. The molecule has 3 aromatic rings. The van der Waals surface area contributed by atoms with Crippen molar-refractivity contribution in [3.05, 3.63) is 36.5 Å². The minimum Gasteiger partial charge on any atom is -0.435 e. The number of oxazole rings is 1. The maximum Gasteiger partial charge on any atom is 0.247 e. The third kappa shape index (κ3) is 2.53. The summed E-state index contributed by atoms with van der Waals surface area (Å²) in [6, 6.07) is 8.95. The molecule has 6 heteroatoms. The van der Waals surface area contributed by atoms with E-state index in [0.717, 1.165) is 16.3 Å². The van der Waals surface area contributed by atoms with Crippen molar-refractivity contribution in [2.45, 2.75) is 16.7 Å². The van der Waals surface area contributed by atoms with E-state index in [0.29, 0.717) is 21.9 Å². The summed E-state index contributed by atoms with van der Waals surface area (Å²) >= 11 is 1.89. The van der Waals surface area contributed by atoms with Gasteiger partial charge in [0.25, 0.3) is 0 Å². The van der Waals surface area contributed by atoms with Crippen LogP contribution in [0.5, 0.6) is 0 Å².